The van der Waals surface area contributed by atoms with Crippen LogP contribution in [0.15, 0.2) is 53.4 Å². The summed E-state index contributed by atoms with van der Waals surface area (Å²) in [6, 6.07) is 13.8. The van der Waals surface area contributed by atoms with E-state index in [0.29, 0.717) is 30.1 Å². The van der Waals surface area contributed by atoms with Crippen LogP contribution in [0, 0.1) is 11.8 Å². The Kier molecular flexibility index (Phi) is 6.29. The number of hydrogen-bond acceptors (Lipinski definition) is 9. The summed E-state index contributed by atoms with van der Waals surface area (Å²) in [5.74, 6) is 0.408. The summed E-state index contributed by atoms with van der Waals surface area (Å²) in [6.07, 6.45) is 1.45. The molecule has 1 fully saturated rings. The number of benzene rings is 3. The summed E-state index contributed by atoms with van der Waals surface area (Å²) in [6.45, 7) is 2.46. The van der Waals surface area contributed by atoms with Crippen molar-refractivity contribution >= 4 is 16.1 Å². The molecular formula is C29H28O9S. The normalized spacial score (nSPS) is 21.1. The zero-order valence-corrected chi connectivity index (χ0v) is 22.6. The topological polar surface area (TPSA) is 107 Å². The molecule has 3 aliphatic rings. The predicted octanol–water partition coefficient (Wildman–Crippen LogP) is 4.24. The molecule has 6 rings (SSSR count). The molecule has 3 atom stereocenters. The van der Waals surface area contributed by atoms with Gasteiger partial charge in [0.1, 0.15) is 4.90 Å². The molecule has 39 heavy (non-hydrogen) atoms. The molecule has 0 spiro atoms. The van der Waals surface area contributed by atoms with Gasteiger partial charge in [0.25, 0.3) is 0 Å². The number of ether oxygens (including phenoxy) is 5. The van der Waals surface area contributed by atoms with Crippen LogP contribution in [0.5, 0.6) is 28.7 Å². The van der Waals surface area contributed by atoms with E-state index in [1.54, 1.807) is 24.3 Å². The molecule has 3 aromatic carbocycles. The Morgan fingerprint density at radius 3 is 2.23 bits per heavy atom. The van der Waals surface area contributed by atoms with Crippen molar-refractivity contribution in [1.82, 2.24) is 0 Å². The summed E-state index contributed by atoms with van der Waals surface area (Å²) >= 11 is 0. The van der Waals surface area contributed by atoms with Crippen LogP contribution in [0.1, 0.15) is 35.1 Å². The van der Waals surface area contributed by atoms with Crippen LogP contribution in [0.2, 0.25) is 0 Å². The fraction of sp³-hybridized carbons (Fsp3) is 0.345. The zero-order chi connectivity index (χ0) is 27.3. The molecule has 0 amide bonds. The van der Waals surface area contributed by atoms with E-state index in [4.69, 9.17) is 27.9 Å². The highest BCUT2D eigenvalue weighted by molar-refractivity contribution is 7.87. The van der Waals surface area contributed by atoms with Gasteiger partial charge in [0.15, 0.2) is 23.0 Å². The first kappa shape index (κ1) is 25.4. The molecule has 0 bridgehead atoms. The largest absolute Gasteiger partial charge is 0.493 e. The van der Waals surface area contributed by atoms with Gasteiger partial charge in [-0.15, -0.1) is 0 Å². The Balaban J connectivity index is 1.44. The second-order valence-electron chi connectivity index (χ2n) is 9.79. The number of esters is 1. The number of carbonyl (C=O) groups is 1. The molecule has 204 valence electrons. The smallest absolute Gasteiger partial charge is 0.339 e. The van der Waals surface area contributed by atoms with Crippen molar-refractivity contribution in [2.45, 2.75) is 30.6 Å². The van der Waals surface area contributed by atoms with Crippen LogP contribution < -0.4 is 23.1 Å². The molecule has 2 aliphatic heterocycles. The lowest BCUT2D eigenvalue weighted by molar-refractivity contribution is -0.141. The second kappa shape index (κ2) is 9.68. The van der Waals surface area contributed by atoms with Crippen LogP contribution in [0.4, 0.5) is 0 Å². The van der Waals surface area contributed by atoms with E-state index < -0.39 is 22.0 Å². The molecule has 0 N–H and O–H groups in total. The maximum Gasteiger partial charge on any atom is 0.339 e. The molecule has 10 heteroatoms. The first-order chi connectivity index (χ1) is 18.8. The fourth-order valence-electron chi connectivity index (χ4n) is 5.72. The minimum Gasteiger partial charge on any atom is -0.493 e. The highest BCUT2D eigenvalue weighted by Crippen LogP contribution is 2.52. The average molecular weight is 553 g/mol. The number of rotatable bonds is 7. The van der Waals surface area contributed by atoms with Gasteiger partial charge >= 0.3 is 16.1 Å². The number of cyclic esters (lactones) is 1. The van der Waals surface area contributed by atoms with Crippen LogP contribution in [0.3, 0.4) is 0 Å². The number of aryl methyl sites for hydroxylation is 1. The van der Waals surface area contributed by atoms with Crippen molar-refractivity contribution in [3.63, 3.8) is 0 Å². The quantitative estimate of drug-likeness (QED) is 0.314. The number of fused-ring (bicyclic) bond motifs is 3. The lowest BCUT2D eigenvalue weighted by Gasteiger charge is -2.34. The van der Waals surface area contributed by atoms with Gasteiger partial charge in [0, 0.05) is 11.8 Å². The maximum atomic E-state index is 13.2. The number of carbonyl (C=O) groups excluding carboxylic acids is 1. The van der Waals surface area contributed by atoms with Gasteiger partial charge in [-0.25, -0.2) is 0 Å². The first-order valence-electron chi connectivity index (χ1n) is 12.7. The molecule has 3 aromatic rings. The molecule has 1 saturated heterocycles. The number of methoxy groups -OCH3 is 2. The first-order valence-corrected chi connectivity index (χ1v) is 14.1. The molecule has 0 radical (unpaired) electrons. The van der Waals surface area contributed by atoms with Crippen molar-refractivity contribution in [2.75, 3.05) is 27.6 Å². The SMILES string of the molecule is CCc1ccc(S(=O)(=O)Oc2c(OC)cc([C@@H]3c4cc5c(cc4C[C@H]4COC(=O)[C@@H]43)OCO5)cc2OC)cc1. The Bertz CT molecular complexity index is 1520. The average Bonchev–Trinajstić information content (AvgIpc) is 3.56. The van der Waals surface area contributed by atoms with Crippen molar-refractivity contribution in [2.24, 2.45) is 11.8 Å². The summed E-state index contributed by atoms with van der Waals surface area (Å²) in [7, 11) is -1.34. The van der Waals surface area contributed by atoms with Crippen molar-refractivity contribution in [1.29, 1.82) is 0 Å². The highest BCUT2D eigenvalue weighted by Gasteiger charge is 2.48. The Morgan fingerprint density at radius 2 is 1.59 bits per heavy atom. The van der Waals surface area contributed by atoms with E-state index >= 15 is 0 Å². The van der Waals surface area contributed by atoms with E-state index in [1.807, 2.05) is 19.1 Å². The van der Waals surface area contributed by atoms with Gasteiger partial charge in [0.2, 0.25) is 12.5 Å². The lowest BCUT2D eigenvalue weighted by atomic mass is 9.67. The van der Waals surface area contributed by atoms with Crippen molar-refractivity contribution in [3.05, 3.63) is 70.8 Å². The summed E-state index contributed by atoms with van der Waals surface area (Å²) < 4.78 is 59.8. The zero-order valence-electron chi connectivity index (χ0n) is 21.8. The van der Waals surface area contributed by atoms with Gasteiger partial charge in [-0.2, -0.15) is 8.42 Å². The second-order valence-corrected chi connectivity index (χ2v) is 11.3. The Labute approximate surface area is 226 Å². The predicted molar refractivity (Wildman–Crippen MR) is 139 cm³/mol. The van der Waals surface area contributed by atoms with Crippen molar-refractivity contribution in [3.8, 4) is 28.7 Å². The minimum absolute atomic E-state index is 0.0155. The van der Waals surface area contributed by atoms with Gasteiger partial charge in [-0.05, 0) is 71.5 Å². The van der Waals surface area contributed by atoms with E-state index in [0.717, 1.165) is 23.1 Å². The van der Waals surface area contributed by atoms with Crippen LogP contribution in [-0.4, -0.2) is 42.0 Å². The summed E-state index contributed by atoms with van der Waals surface area (Å²) in [5.41, 5.74) is 3.67. The van der Waals surface area contributed by atoms with Gasteiger partial charge in [-0.1, -0.05) is 19.1 Å². The summed E-state index contributed by atoms with van der Waals surface area (Å²) in [4.78, 5) is 13.0. The molecule has 0 unspecified atom stereocenters. The van der Waals surface area contributed by atoms with E-state index in [1.165, 1.54) is 26.4 Å². The van der Waals surface area contributed by atoms with Crippen LogP contribution in [-0.2, 0) is 32.5 Å². The minimum atomic E-state index is -4.18. The molecular weight excluding hydrogens is 524 g/mol. The Hall–Kier alpha value is -3.92. The fourth-order valence-corrected chi connectivity index (χ4v) is 6.67. The third-order valence-electron chi connectivity index (χ3n) is 7.69. The van der Waals surface area contributed by atoms with Gasteiger partial charge in [-0.3, -0.25) is 4.79 Å². The molecule has 0 saturated carbocycles. The third kappa shape index (κ3) is 4.32. The van der Waals surface area contributed by atoms with Crippen LogP contribution >= 0.6 is 0 Å². The van der Waals surface area contributed by atoms with Gasteiger partial charge in [0.05, 0.1) is 26.7 Å². The standard InChI is InChI=1S/C29H28O9S/c1-4-16-5-7-20(8-6-16)39(31,32)38-28-24(33-2)11-18(12-25(28)34-3)26-21-13-23-22(36-15-37-23)10-17(21)9-19-14-35-29(30)27(19)26/h5-8,10-13,19,26-27H,4,9,14-15H2,1-3H3/t19-,26+,27-/m0/s1. The molecule has 1 aliphatic carbocycles. The Morgan fingerprint density at radius 1 is 0.923 bits per heavy atom. The summed E-state index contributed by atoms with van der Waals surface area (Å²) in [5, 5.41) is 0. The number of hydrogen-bond donors (Lipinski definition) is 0. The van der Waals surface area contributed by atoms with E-state index in [2.05, 4.69) is 0 Å². The molecule has 2 heterocycles. The monoisotopic (exact) mass is 552 g/mol. The van der Waals surface area contributed by atoms with Crippen LogP contribution in [0.25, 0.3) is 0 Å². The maximum absolute atomic E-state index is 13.2. The highest BCUT2D eigenvalue weighted by atomic mass is 32.2. The van der Waals surface area contributed by atoms with E-state index in [9.17, 15) is 13.2 Å². The third-order valence-corrected chi connectivity index (χ3v) is 8.92. The molecule has 9 nitrogen and oxygen atoms in total. The lowest BCUT2D eigenvalue weighted by Crippen LogP contribution is -2.31. The van der Waals surface area contributed by atoms with E-state index in [-0.39, 0.29) is 40.8 Å². The molecule has 0 aromatic heterocycles. The van der Waals surface area contributed by atoms with Gasteiger partial charge < -0.3 is 27.9 Å². The van der Waals surface area contributed by atoms with Crippen molar-refractivity contribution < 1.29 is 41.1 Å².